The summed E-state index contributed by atoms with van der Waals surface area (Å²) in [7, 11) is 1.18. The fraction of sp³-hybridized carbons (Fsp3) is 0.500. The molecule has 0 aliphatic carbocycles. The highest BCUT2D eigenvalue weighted by Gasteiger charge is 2.34. The molecule has 0 radical (unpaired) electrons. The summed E-state index contributed by atoms with van der Waals surface area (Å²) in [6, 6.07) is 2.86. The van der Waals surface area contributed by atoms with E-state index in [9.17, 15) is 18.4 Å². The smallest absolute Gasteiger partial charge is 0.343 e. The predicted octanol–water partition coefficient (Wildman–Crippen LogP) is 1.00. The van der Waals surface area contributed by atoms with Crippen molar-refractivity contribution in [1.29, 1.82) is 0 Å². The summed E-state index contributed by atoms with van der Waals surface area (Å²) in [5.41, 5.74) is -0.665. The Balaban J connectivity index is 2.27. The number of piperidine rings is 1. The van der Waals surface area contributed by atoms with E-state index in [1.807, 2.05) is 0 Å². The maximum absolute atomic E-state index is 13.1. The minimum atomic E-state index is -2.68. The van der Waals surface area contributed by atoms with Gasteiger partial charge in [0.25, 0.3) is 11.5 Å². The number of rotatable bonds is 2. The lowest BCUT2D eigenvalue weighted by atomic mass is 10.1. The van der Waals surface area contributed by atoms with Gasteiger partial charge in [-0.1, -0.05) is 0 Å². The summed E-state index contributed by atoms with van der Waals surface area (Å²) >= 11 is 0. The highest BCUT2D eigenvalue weighted by Crippen LogP contribution is 2.26. The summed E-state index contributed by atoms with van der Waals surface area (Å²) in [6.07, 6.45) is 0.849. The maximum atomic E-state index is 13.1. The minimum Gasteiger partial charge on any atom is -0.465 e. The molecule has 5 nitrogen and oxygen atoms in total. The van der Waals surface area contributed by atoms with Crippen LogP contribution in [0.25, 0.3) is 0 Å². The van der Waals surface area contributed by atoms with Crippen LogP contribution in [-0.4, -0.2) is 36.8 Å². The monoisotopic (exact) mass is 272 g/mol. The van der Waals surface area contributed by atoms with Gasteiger partial charge in [-0.05, 0) is 12.1 Å². The number of aromatic nitrogens is 1. The molecule has 2 rings (SSSR count). The average molecular weight is 272 g/mol. The Hall–Kier alpha value is -1.92. The molecule has 0 N–H and O–H groups in total. The zero-order valence-corrected chi connectivity index (χ0v) is 10.4. The number of methoxy groups -OCH3 is 1. The summed E-state index contributed by atoms with van der Waals surface area (Å²) in [5, 5.41) is 1.51. The molecule has 2 heterocycles. The van der Waals surface area contributed by atoms with Crippen molar-refractivity contribution in [2.75, 3.05) is 25.2 Å². The van der Waals surface area contributed by atoms with E-state index in [2.05, 4.69) is 4.74 Å². The van der Waals surface area contributed by atoms with Gasteiger partial charge in [0.05, 0.1) is 7.11 Å². The average Bonchev–Trinajstić information content (AvgIpc) is 2.39. The summed E-state index contributed by atoms with van der Waals surface area (Å²) in [5.74, 6) is -3.42. The lowest BCUT2D eigenvalue weighted by Gasteiger charge is -2.34. The Morgan fingerprint density at radius 1 is 1.37 bits per heavy atom. The molecule has 0 unspecified atom stereocenters. The van der Waals surface area contributed by atoms with Crippen LogP contribution in [0.15, 0.2) is 23.1 Å². The Morgan fingerprint density at radius 2 is 2.00 bits per heavy atom. The maximum Gasteiger partial charge on any atom is 0.343 e. The van der Waals surface area contributed by atoms with Crippen molar-refractivity contribution in [2.24, 2.45) is 0 Å². The third-order valence-corrected chi connectivity index (χ3v) is 3.11. The van der Waals surface area contributed by atoms with Gasteiger partial charge < -0.3 is 9.75 Å². The highest BCUT2D eigenvalue weighted by molar-refractivity contribution is 5.88. The number of hydrogen-bond donors (Lipinski definition) is 0. The predicted molar refractivity (Wildman–Crippen MR) is 64.2 cm³/mol. The largest absolute Gasteiger partial charge is 0.465 e. The number of carbonyl (C=O) groups is 1. The van der Waals surface area contributed by atoms with Crippen LogP contribution in [0, 0.1) is 0 Å². The Morgan fingerprint density at radius 3 is 2.58 bits per heavy atom. The third-order valence-electron chi connectivity index (χ3n) is 3.11. The van der Waals surface area contributed by atoms with Crippen molar-refractivity contribution >= 4 is 5.97 Å². The molecule has 1 fully saturated rings. The van der Waals surface area contributed by atoms with Crippen LogP contribution in [0.3, 0.4) is 0 Å². The number of nitrogens with zero attached hydrogens (tertiary/aromatic N) is 2. The second-order valence-electron chi connectivity index (χ2n) is 4.37. The van der Waals surface area contributed by atoms with Crippen molar-refractivity contribution in [3.63, 3.8) is 0 Å². The molecule has 1 aromatic rings. The van der Waals surface area contributed by atoms with Gasteiger partial charge in [-0.25, -0.2) is 18.3 Å². The van der Waals surface area contributed by atoms with E-state index in [1.54, 1.807) is 0 Å². The van der Waals surface area contributed by atoms with Gasteiger partial charge in [0.1, 0.15) is 5.56 Å². The Labute approximate surface area is 108 Å². The van der Waals surface area contributed by atoms with Gasteiger partial charge in [0, 0.05) is 32.1 Å². The molecule has 0 amide bonds. The minimum absolute atomic E-state index is 0.0670. The molecule has 1 aliphatic rings. The number of esters is 1. The van der Waals surface area contributed by atoms with Crippen LogP contribution >= 0.6 is 0 Å². The van der Waals surface area contributed by atoms with E-state index in [4.69, 9.17) is 0 Å². The van der Waals surface area contributed by atoms with Gasteiger partial charge in [-0.2, -0.15) is 0 Å². The molecule has 104 valence electrons. The molecule has 1 saturated heterocycles. The van der Waals surface area contributed by atoms with Crippen LogP contribution in [0.5, 0.6) is 0 Å². The van der Waals surface area contributed by atoms with E-state index in [1.165, 1.54) is 35.1 Å². The van der Waals surface area contributed by atoms with Crippen LogP contribution in [0.2, 0.25) is 0 Å². The molecular formula is C12H14F2N2O3. The highest BCUT2D eigenvalue weighted by atomic mass is 19.3. The van der Waals surface area contributed by atoms with Crippen LogP contribution in [-0.2, 0) is 4.74 Å². The SMILES string of the molecule is COC(=O)c1cccn(N2CCC(F)(F)CC2)c1=O. The van der Waals surface area contributed by atoms with Gasteiger partial charge >= 0.3 is 5.97 Å². The molecule has 1 aromatic heterocycles. The first-order valence-electron chi connectivity index (χ1n) is 5.88. The molecule has 19 heavy (non-hydrogen) atoms. The second kappa shape index (κ2) is 4.99. The first kappa shape index (κ1) is 13.5. The molecule has 0 bridgehead atoms. The van der Waals surface area contributed by atoms with E-state index < -0.39 is 17.5 Å². The van der Waals surface area contributed by atoms with Crippen molar-refractivity contribution in [2.45, 2.75) is 18.8 Å². The lowest BCUT2D eigenvalue weighted by molar-refractivity contribution is -0.0260. The molecule has 0 aromatic carbocycles. The van der Waals surface area contributed by atoms with Crippen molar-refractivity contribution in [3.05, 3.63) is 34.2 Å². The zero-order valence-electron chi connectivity index (χ0n) is 10.4. The number of alkyl halides is 2. The molecule has 7 heteroatoms. The van der Waals surface area contributed by atoms with Crippen molar-refractivity contribution in [3.8, 4) is 0 Å². The van der Waals surface area contributed by atoms with E-state index in [0.29, 0.717) is 0 Å². The van der Waals surface area contributed by atoms with E-state index >= 15 is 0 Å². The fourth-order valence-electron chi connectivity index (χ4n) is 2.01. The van der Waals surface area contributed by atoms with Gasteiger partial charge in [-0.3, -0.25) is 4.79 Å². The molecule has 0 saturated carbocycles. The van der Waals surface area contributed by atoms with E-state index in [-0.39, 0.29) is 31.5 Å². The Bertz CT molecular complexity index is 532. The van der Waals surface area contributed by atoms with Crippen LogP contribution < -0.4 is 10.6 Å². The molecule has 0 spiro atoms. The molecule has 1 aliphatic heterocycles. The third kappa shape index (κ3) is 2.74. The van der Waals surface area contributed by atoms with Gasteiger partial charge in [0.2, 0.25) is 0 Å². The normalized spacial score (nSPS) is 18.2. The standard InChI is InChI=1S/C12H14F2N2O3/c1-19-11(18)9-3-2-6-16(10(9)17)15-7-4-12(13,14)5-8-15/h2-3,6H,4-5,7-8H2,1H3. The van der Waals surface area contributed by atoms with Crippen molar-refractivity contribution < 1.29 is 18.3 Å². The molecule has 0 atom stereocenters. The van der Waals surface area contributed by atoms with Gasteiger partial charge in [-0.15, -0.1) is 0 Å². The quantitative estimate of drug-likeness (QED) is 0.754. The van der Waals surface area contributed by atoms with E-state index in [0.717, 1.165) is 0 Å². The summed E-state index contributed by atoms with van der Waals surface area (Å²) in [6.45, 7) is 0.134. The summed E-state index contributed by atoms with van der Waals surface area (Å²) < 4.78 is 31.8. The fourth-order valence-corrected chi connectivity index (χ4v) is 2.01. The summed E-state index contributed by atoms with van der Waals surface area (Å²) in [4.78, 5) is 23.5. The number of carbonyl (C=O) groups excluding carboxylic acids is 1. The lowest BCUT2D eigenvalue weighted by Crippen LogP contribution is -2.50. The first-order chi connectivity index (χ1) is 8.94. The number of halogens is 2. The Kier molecular flexibility index (Phi) is 3.55. The zero-order chi connectivity index (χ0) is 14.0. The number of ether oxygens (including phenoxy) is 1. The van der Waals surface area contributed by atoms with Crippen LogP contribution in [0.4, 0.5) is 8.78 Å². The topological polar surface area (TPSA) is 51.5 Å². The van der Waals surface area contributed by atoms with Gasteiger partial charge in [0.15, 0.2) is 0 Å². The van der Waals surface area contributed by atoms with Crippen LogP contribution in [0.1, 0.15) is 23.2 Å². The first-order valence-corrected chi connectivity index (χ1v) is 5.88. The second-order valence-corrected chi connectivity index (χ2v) is 4.37. The number of pyridine rings is 1. The van der Waals surface area contributed by atoms with Crippen molar-refractivity contribution in [1.82, 2.24) is 4.68 Å². The molecular weight excluding hydrogens is 258 g/mol. The number of hydrogen-bond acceptors (Lipinski definition) is 4.